The van der Waals surface area contributed by atoms with Crippen molar-refractivity contribution in [1.82, 2.24) is 10.2 Å². The van der Waals surface area contributed by atoms with Crippen LogP contribution in [0.3, 0.4) is 0 Å². The molecule has 6 heteroatoms. The topological polar surface area (TPSA) is 36.5 Å². The van der Waals surface area contributed by atoms with Crippen LogP contribution in [0.1, 0.15) is 0 Å². The van der Waals surface area contributed by atoms with Gasteiger partial charge in [0.1, 0.15) is 0 Å². The summed E-state index contributed by atoms with van der Waals surface area (Å²) in [7, 11) is 0. The number of benzene rings is 1. The van der Waals surface area contributed by atoms with Crippen LogP contribution < -0.4 is 10.6 Å². The van der Waals surface area contributed by atoms with E-state index in [0.717, 1.165) is 49.6 Å². The Morgan fingerprint density at radius 3 is 2.89 bits per heavy atom. The Bertz CT molecular complexity index is 424. The summed E-state index contributed by atoms with van der Waals surface area (Å²) in [6.45, 7) is 5.52. The second-order valence-electron chi connectivity index (χ2n) is 4.35. The number of hydrogen-bond donors (Lipinski definition) is 2. The summed E-state index contributed by atoms with van der Waals surface area (Å²) in [5.74, 6) is 0. The van der Waals surface area contributed by atoms with E-state index in [1.165, 1.54) is 0 Å². The van der Waals surface area contributed by atoms with Crippen LogP contribution >= 0.6 is 28.1 Å². The summed E-state index contributed by atoms with van der Waals surface area (Å²) >= 11 is 8.70. The van der Waals surface area contributed by atoms with Crippen molar-refractivity contribution in [3.05, 3.63) is 28.7 Å². The molecule has 0 unspecified atom stereocenters. The number of morpholine rings is 1. The maximum absolute atomic E-state index is 5.31. The normalized spacial score (nSPS) is 16.1. The lowest BCUT2D eigenvalue weighted by molar-refractivity contribution is 0.0389. The Morgan fingerprint density at radius 1 is 1.37 bits per heavy atom. The molecule has 4 nitrogen and oxygen atoms in total. The van der Waals surface area contributed by atoms with Gasteiger partial charge in [0.2, 0.25) is 0 Å². The molecule has 0 spiro atoms. The number of nitrogens with one attached hydrogen (secondary N) is 2. The van der Waals surface area contributed by atoms with Gasteiger partial charge in [-0.25, -0.2) is 0 Å². The summed E-state index contributed by atoms with van der Waals surface area (Å²) in [6, 6.07) is 7.94. The molecule has 2 N–H and O–H groups in total. The zero-order valence-electron chi connectivity index (χ0n) is 10.7. The Balaban J connectivity index is 1.67. The third kappa shape index (κ3) is 5.44. The van der Waals surface area contributed by atoms with E-state index >= 15 is 0 Å². The quantitative estimate of drug-likeness (QED) is 0.818. The van der Waals surface area contributed by atoms with Crippen LogP contribution in [0.25, 0.3) is 0 Å². The lowest BCUT2D eigenvalue weighted by atomic mass is 10.3. The van der Waals surface area contributed by atoms with Gasteiger partial charge in [-0.2, -0.15) is 0 Å². The summed E-state index contributed by atoms with van der Waals surface area (Å²) in [4.78, 5) is 2.37. The number of halogens is 1. The molecule has 0 radical (unpaired) electrons. The van der Waals surface area contributed by atoms with Crippen LogP contribution in [0.2, 0.25) is 0 Å². The highest BCUT2D eigenvalue weighted by Crippen LogP contribution is 2.15. The van der Waals surface area contributed by atoms with Crippen molar-refractivity contribution >= 4 is 38.9 Å². The van der Waals surface area contributed by atoms with E-state index in [1.54, 1.807) is 0 Å². The number of hydrogen-bond acceptors (Lipinski definition) is 3. The molecule has 104 valence electrons. The summed E-state index contributed by atoms with van der Waals surface area (Å²) < 4.78 is 6.35. The summed E-state index contributed by atoms with van der Waals surface area (Å²) in [5.41, 5.74) is 0.984. The molecule has 1 aromatic carbocycles. The van der Waals surface area contributed by atoms with Crippen molar-refractivity contribution in [2.45, 2.75) is 0 Å². The van der Waals surface area contributed by atoms with Gasteiger partial charge in [0.15, 0.2) is 5.11 Å². The van der Waals surface area contributed by atoms with Crippen molar-refractivity contribution in [3.63, 3.8) is 0 Å². The van der Waals surface area contributed by atoms with Gasteiger partial charge >= 0.3 is 0 Å². The second kappa shape index (κ2) is 7.79. The smallest absolute Gasteiger partial charge is 0.170 e. The largest absolute Gasteiger partial charge is 0.379 e. The SMILES string of the molecule is S=C(NCCN1CCOCC1)Nc1cccc(Br)c1. The molecular weight excluding hydrogens is 326 g/mol. The maximum atomic E-state index is 5.31. The van der Waals surface area contributed by atoms with Gasteiger partial charge in [0, 0.05) is 36.3 Å². The van der Waals surface area contributed by atoms with Crippen LogP contribution in [-0.2, 0) is 4.74 Å². The molecule has 1 aliphatic rings. The minimum Gasteiger partial charge on any atom is -0.379 e. The number of nitrogens with zero attached hydrogens (tertiary/aromatic N) is 1. The van der Waals surface area contributed by atoms with Gasteiger partial charge in [-0.05, 0) is 30.4 Å². The van der Waals surface area contributed by atoms with E-state index in [4.69, 9.17) is 17.0 Å². The van der Waals surface area contributed by atoms with E-state index in [2.05, 4.69) is 31.5 Å². The van der Waals surface area contributed by atoms with Gasteiger partial charge in [-0.15, -0.1) is 0 Å². The van der Waals surface area contributed by atoms with Gasteiger partial charge in [-0.1, -0.05) is 22.0 Å². The van der Waals surface area contributed by atoms with Crippen molar-refractivity contribution in [1.29, 1.82) is 0 Å². The lowest BCUT2D eigenvalue weighted by Gasteiger charge is -2.26. The van der Waals surface area contributed by atoms with Gasteiger partial charge in [0.05, 0.1) is 13.2 Å². The van der Waals surface area contributed by atoms with Crippen molar-refractivity contribution in [2.24, 2.45) is 0 Å². The molecule has 19 heavy (non-hydrogen) atoms. The van der Waals surface area contributed by atoms with E-state index in [-0.39, 0.29) is 0 Å². The van der Waals surface area contributed by atoms with Crippen molar-refractivity contribution in [2.75, 3.05) is 44.7 Å². The average molecular weight is 344 g/mol. The third-order valence-electron chi connectivity index (χ3n) is 2.90. The van der Waals surface area contributed by atoms with Gasteiger partial charge < -0.3 is 15.4 Å². The Morgan fingerprint density at radius 2 is 2.16 bits per heavy atom. The number of ether oxygens (including phenoxy) is 1. The molecule has 0 bridgehead atoms. The highest BCUT2D eigenvalue weighted by atomic mass is 79.9. The molecule has 1 fully saturated rings. The predicted octanol–water partition coefficient (Wildman–Crippen LogP) is 2.07. The zero-order chi connectivity index (χ0) is 13.5. The van der Waals surface area contributed by atoms with E-state index in [0.29, 0.717) is 5.11 Å². The van der Waals surface area contributed by atoms with Gasteiger partial charge in [-0.3, -0.25) is 4.90 Å². The van der Waals surface area contributed by atoms with E-state index in [1.807, 2.05) is 24.3 Å². The first kappa shape index (κ1) is 14.7. The van der Waals surface area contributed by atoms with Crippen LogP contribution in [0.5, 0.6) is 0 Å². The maximum Gasteiger partial charge on any atom is 0.170 e. The fourth-order valence-corrected chi connectivity index (χ4v) is 2.51. The minimum atomic E-state index is 0.659. The molecule has 0 aliphatic carbocycles. The zero-order valence-corrected chi connectivity index (χ0v) is 13.1. The molecule has 0 amide bonds. The predicted molar refractivity (Wildman–Crippen MR) is 85.6 cm³/mol. The lowest BCUT2D eigenvalue weighted by Crippen LogP contribution is -2.42. The highest BCUT2D eigenvalue weighted by Gasteiger charge is 2.09. The first-order valence-corrected chi connectivity index (χ1v) is 7.55. The molecule has 0 saturated carbocycles. The van der Waals surface area contributed by atoms with Crippen LogP contribution in [0.15, 0.2) is 28.7 Å². The van der Waals surface area contributed by atoms with Crippen LogP contribution in [-0.4, -0.2) is 49.4 Å². The second-order valence-corrected chi connectivity index (χ2v) is 5.67. The van der Waals surface area contributed by atoms with Crippen LogP contribution in [0.4, 0.5) is 5.69 Å². The number of rotatable bonds is 4. The molecule has 2 rings (SSSR count). The molecular formula is C13H18BrN3OS. The molecule has 1 saturated heterocycles. The molecule has 0 atom stereocenters. The Hall–Kier alpha value is -0.690. The summed E-state index contributed by atoms with van der Waals surface area (Å²) in [6.07, 6.45) is 0. The van der Waals surface area contributed by atoms with E-state index < -0.39 is 0 Å². The third-order valence-corrected chi connectivity index (χ3v) is 3.64. The van der Waals surface area contributed by atoms with Crippen LogP contribution in [0, 0.1) is 0 Å². The summed E-state index contributed by atoms with van der Waals surface area (Å²) in [5, 5.41) is 7.05. The monoisotopic (exact) mass is 343 g/mol. The fraction of sp³-hybridized carbons (Fsp3) is 0.462. The molecule has 0 aromatic heterocycles. The van der Waals surface area contributed by atoms with Crippen molar-refractivity contribution in [3.8, 4) is 0 Å². The first-order chi connectivity index (χ1) is 9.24. The van der Waals surface area contributed by atoms with E-state index in [9.17, 15) is 0 Å². The molecule has 1 aromatic rings. The van der Waals surface area contributed by atoms with Crippen molar-refractivity contribution < 1.29 is 4.74 Å². The Kier molecular flexibility index (Phi) is 6.03. The standard InChI is InChI=1S/C13H18BrN3OS/c14-11-2-1-3-12(10-11)16-13(19)15-4-5-17-6-8-18-9-7-17/h1-3,10H,4-9H2,(H2,15,16,19). The number of thiocarbonyl (C=S) groups is 1. The minimum absolute atomic E-state index is 0.659. The van der Waals surface area contributed by atoms with Gasteiger partial charge in [0.25, 0.3) is 0 Å². The first-order valence-electron chi connectivity index (χ1n) is 6.34. The fourth-order valence-electron chi connectivity index (χ4n) is 1.89. The number of anilines is 1. The molecule has 1 heterocycles. The average Bonchev–Trinajstić information content (AvgIpc) is 2.40. The Labute approximate surface area is 127 Å². The highest BCUT2D eigenvalue weighted by molar-refractivity contribution is 9.10. The molecule has 1 aliphatic heterocycles.